The zero-order valence-corrected chi connectivity index (χ0v) is 20.5. The average molecular weight is 514 g/mol. The summed E-state index contributed by atoms with van der Waals surface area (Å²) in [6, 6.07) is 16.5. The van der Waals surface area contributed by atoms with Crippen LogP contribution in [0.3, 0.4) is 0 Å². The van der Waals surface area contributed by atoms with Crippen molar-refractivity contribution in [3.8, 4) is 5.69 Å². The number of hydrogen-bond donors (Lipinski definition) is 2. The molecule has 2 amide bonds. The van der Waals surface area contributed by atoms with Crippen molar-refractivity contribution in [1.82, 2.24) is 20.1 Å². The molecule has 180 valence electrons. The first-order valence-corrected chi connectivity index (χ1v) is 12.1. The monoisotopic (exact) mass is 513 g/mol. The lowest BCUT2D eigenvalue weighted by molar-refractivity contribution is 0.248. The maximum absolute atomic E-state index is 13.9. The van der Waals surface area contributed by atoms with Gasteiger partial charge in [0.2, 0.25) is 0 Å². The number of aromatic nitrogens is 3. The zero-order valence-electron chi connectivity index (χ0n) is 18.9. The molecule has 4 rings (SSSR count). The number of carbonyl (C=O) groups is 1. The summed E-state index contributed by atoms with van der Waals surface area (Å²) >= 11 is 7.71. The minimum absolute atomic E-state index is 0.0693. The fourth-order valence-electron chi connectivity index (χ4n) is 3.42. The van der Waals surface area contributed by atoms with E-state index in [1.165, 1.54) is 36.0 Å². The quantitative estimate of drug-likeness (QED) is 0.270. The van der Waals surface area contributed by atoms with E-state index in [1.54, 1.807) is 43.3 Å². The molecule has 0 saturated carbocycles. The number of thioether (sulfide) groups is 1. The number of nitrogens with one attached hydrogen (secondary N) is 2. The second kappa shape index (κ2) is 10.9. The van der Waals surface area contributed by atoms with Crippen LogP contribution >= 0.6 is 23.4 Å². The Bertz CT molecular complexity index is 1350. The summed E-state index contributed by atoms with van der Waals surface area (Å²) in [4.78, 5) is 12.6. The van der Waals surface area contributed by atoms with Gasteiger partial charge in [-0.1, -0.05) is 53.7 Å². The van der Waals surface area contributed by atoms with Crippen molar-refractivity contribution < 1.29 is 13.6 Å². The molecule has 1 unspecified atom stereocenters. The Morgan fingerprint density at radius 2 is 1.83 bits per heavy atom. The molecule has 0 fully saturated rings. The summed E-state index contributed by atoms with van der Waals surface area (Å²) in [5, 5.41) is 15.1. The largest absolute Gasteiger partial charge is 0.328 e. The Labute approximate surface area is 210 Å². The minimum Gasteiger partial charge on any atom is -0.328 e. The number of halogens is 3. The minimum atomic E-state index is -0.583. The third kappa shape index (κ3) is 5.98. The Hall–Kier alpha value is -3.43. The molecular formula is C25H22ClF2N5OS. The summed E-state index contributed by atoms with van der Waals surface area (Å²) in [5.41, 5.74) is 2.69. The van der Waals surface area contributed by atoms with Gasteiger partial charge in [0.25, 0.3) is 0 Å². The molecule has 0 aliphatic carbocycles. The topological polar surface area (TPSA) is 71.8 Å². The number of para-hydroxylation sites is 1. The van der Waals surface area contributed by atoms with Crippen molar-refractivity contribution in [3.05, 3.63) is 100 Å². The summed E-state index contributed by atoms with van der Waals surface area (Å²) in [6.45, 7) is 3.70. The van der Waals surface area contributed by atoms with Crippen molar-refractivity contribution in [2.45, 2.75) is 30.8 Å². The molecule has 0 spiro atoms. The fourth-order valence-corrected chi connectivity index (χ4v) is 4.49. The number of hydrogen-bond acceptors (Lipinski definition) is 4. The molecule has 0 bridgehead atoms. The predicted octanol–water partition coefficient (Wildman–Crippen LogP) is 6.68. The van der Waals surface area contributed by atoms with Gasteiger partial charge in [0.1, 0.15) is 11.6 Å². The molecule has 0 saturated heterocycles. The third-order valence-corrected chi connectivity index (χ3v) is 6.44. The Morgan fingerprint density at radius 1 is 1.09 bits per heavy atom. The van der Waals surface area contributed by atoms with E-state index in [9.17, 15) is 13.6 Å². The fraction of sp³-hybridized carbons (Fsp3) is 0.160. The zero-order chi connectivity index (χ0) is 24.9. The molecule has 10 heteroatoms. The molecule has 1 atom stereocenters. The number of rotatable bonds is 7. The van der Waals surface area contributed by atoms with Gasteiger partial charge in [0.15, 0.2) is 11.0 Å². The van der Waals surface area contributed by atoms with E-state index in [0.29, 0.717) is 21.8 Å². The van der Waals surface area contributed by atoms with Gasteiger partial charge >= 0.3 is 6.03 Å². The Kier molecular flexibility index (Phi) is 7.67. The number of urea groups is 1. The standard InChI is InChI=1S/C25H22ClF2N5OS/c1-15-7-10-18(26)13-22(15)33-23(16(2)29-24(34)30-21-6-4-3-5-20(21)28)31-32-25(33)35-14-17-8-11-19(27)12-9-17/h3-13,16H,14H2,1-2H3,(H2,29,30,34). The molecule has 35 heavy (non-hydrogen) atoms. The van der Waals surface area contributed by atoms with Gasteiger partial charge in [-0.05, 0) is 61.4 Å². The van der Waals surface area contributed by atoms with Crippen LogP contribution in [0.4, 0.5) is 19.3 Å². The summed E-state index contributed by atoms with van der Waals surface area (Å²) in [5.74, 6) is 0.175. The number of amides is 2. The summed E-state index contributed by atoms with van der Waals surface area (Å²) in [7, 11) is 0. The van der Waals surface area contributed by atoms with Gasteiger partial charge in [-0.2, -0.15) is 0 Å². The number of anilines is 1. The van der Waals surface area contributed by atoms with Crippen molar-refractivity contribution >= 4 is 35.1 Å². The predicted molar refractivity (Wildman–Crippen MR) is 134 cm³/mol. The lowest BCUT2D eigenvalue weighted by Gasteiger charge is -2.18. The first kappa shape index (κ1) is 24.7. The van der Waals surface area contributed by atoms with E-state index < -0.39 is 17.9 Å². The third-order valence-electron chi connectivity index (χ3n) is 5.21. The van der Waals surface area contributed by atoms with Crippen molar-refractivity contribution in [3.63, 3.8) is 0 Å². The van der Waals surface area contributed by atoms with Crippen LogP contribution in [0.25, 0.3) is 5.69 Å². The van der Waals surface area contributed by atoms with Crippen LogP contribution in [0.1, 0.15) is 29.9 Å². The molecule has 2 N–H and O–H groups in total. The summed E-state index contributed by atoms with van der Waals surface area (Å²) in [6.07, 6.45) is 0. The van der Waals surface area contributed by atoms with Crippen molar-refractivity contribution in [2.24, 2.45) is 0 Å². The summed E-state index contributed by atoms with van der Waals surface area (Å²) < 4.78 is 29.0. The molecule has 6 nitrogen and oxygen atoms in total. The van der Waals surface area contributed by atoms with E-state index in [-0.39, 0.29) is 11.5 Å². The lowest BCUT2D eigenvalue weighted by atomic mass is 10.2. The van der Waals surface area contributed by atoms with Gasteiger partial charge < -0.3 is 10.6 Å². The lowest BCUT2D eigenvalue weighted by Crippen LogP contribution is -2.32. The molecule has 0 aliphatic heterocycles. The second-order valence-electron chi connectivity index (χ2n) is 7.82. The van der Waals surface area contributed by atoms with Crippen molar-refractivity contribution in [1.29, 1.82) is 0 Å². The smallest absolute Gasteiger partial charge is 0.319 e. The molecule has 1 aromatic heterocycles. The first-order valence-electron chi connectivity index (χ1n) is 10.7. The molecular weight excluding hydrogens is 492 g/mol. The Balaban J connectivity index is 1.61. The number of aryl methyl sites for hydroxylation is 1. The maximum Gasteiger partial charge on any atom is 0.319 e. The highest BCUT2D eigenvalue weighted by atomic mass is 35.5. The normalized spacial score (nSPS) is 11.8. The highest BCUT2D eigenvalue weighted by Crippen LogP contribution is 2.30. The van der Waals surface area contributed by atoms with Gasteiger partial charge in [-0.3, -0.25) is 4.57 Å². The van der Waals surface area contributed by atoms with E-state index in [0.717, 1.165) is 16.8 Å². The number of carbonyl (C=O) groups excluding carboxylic acids is 1. The van der Waals surface area contributed by atoms with Crippen LogP contribution in [-0.2, 0) is 5.75 Å². The highest BCUT2D eigenvalue weighted by Gasteiger charge is 2.22. The SMILES string of the molecule is Cc1ccc(Cl)cc1-n1c(SCc2ccc(F)cc2)nnc1C(C)NC(=O)Nc1ccccc1F. The molecule has 0 aliphatic rings. The molecule has 3 aromatic carbocycles. The average Bonchev–Trinajstić information content (AvgIpc) is 3.25. The molecule has 1 heterocycles. The van der Waals surface area contributed by atoms with Gasteiger partial charge in [0, 0.05) is 10.8 Å². The first-order chi connectivity index (χ1) is 16.8. The van der Waals surface area contributed by atoms with Crippen LogP contribution in [0, 0.1) is 18.6 Å². The van der Waals surface area contributed by atoms with Crippen LogP contribution < -0.4 is 10.6 Å². The highest BCUT2D eigenvalue weighted by molar-refractivity contribution is 7.98. The van der Waals surface area contributed by atoms with Gasteiger partial charge in [-0.15, -0.1) is 10.2 Å². The maximum atomic E-state index is 13.9. The van der Waals surface area contributed by atoms with Crippen LogP contribution in [0.15, 0.2) is 71.9 Å². The number of nitrogens with zero attached hydrogens (tertiary/aromatic N) is 3. The van der Waals surface area contributed by atoms with E-state index in [1.807, 2.05) is 17.6 Å². The van der Waals surface area contributed by atoms with Crippen LogP contribution in [0.5, 0.6) is 0 Å². The number of benzene rings is 3. The Morgan fingerprint density at radius 3 is 2.57 bits per heavy atom. The van der Waals surface area contributed by atoms with Crippen molar-refractivity contribution in [2.75, 3.05) is 5.32 Å². The van der Waals surface area contributed by atoms with Crippen LogP contribution in [0.2, 0.25) is 5.02 Å². The van der Waals surface area contributed by atoms with Crippen LogP contribution in [-0.4, -0.2) is 20.8 Å². The van der Waals surface area contributed by atoms with E-state index in [2.05, 4.69) is 20.8 Å². The molecule has 4 aromatic rings. The molecule has 0 radical (unpaired) electrons. The van der Waals surface area contributed by atoms with Gasteiger partial charge in [0.05, 0.1) is 17.4 Å². The van der Waals surface area contributed by atoms with E-state index >= 15 is 0 Å². The van der Waals surface area contributed by atoms with Gasteiger partial charge in [-0.25, -0.2) is 13.6 Å². The van der Waals surface area contributed by atoms with E-state index in [4.69, 9.17) is 11.6 Å². The second-order valence-corrected chi connectivity index (χ2v) is 9.20.